The Hall–Kier alpha value is -3.30. The van der Waals surface area contributed by atoms with E-state index in [-0.39, 0.29) is 41.7 Å². The zero-order valence-electron chi connectivity index (χ0n) is 22.0. The highest BCUT2D eigenvalue weighted by atomic mass is 16.6. The quantitative estimate of drug-likeness (QED) is 0.373. The second-order valence-corrected chi connectivity index (χ2v) is 10.8. The third kappa shape index (κ3) is 7.39. The van der Waals surface area contributed by atoms with E-state index in [1.165, 1.54) is 17.0 Å². The Kier molecular flexibility index (Phi) is 9.12. The number of aromatic hydroxyl groups is 2. The molecular weight excluding hydrogens is 488 g/mol. The second-order valence-electron chi connectivity index (χ2n) is 10.8. The zero-order valence-corrected chi connectivity index (χ0v) is 22.0. The van der Waals surface area contributed by atoms with Gasteiger partial charge in [0.2, 0.25) is 0 Å². The van der Waals surface area contributed by atoms with Gasteiger partial charge in [0.05, 0.1) is 18.2 Å². The molecule has 1 aliphatic heterocycles. The minimum atomic E-state index is -1.11. The number of phenolic OH excluding ortho intramolecular Hbond substituents is 2. The Bertz CT molecular complexity index is 1060. The van der Waals surface area contributed by atoms with Gasteiger partial charge in [-0.25, -0.2) is 4.79 Å². The first kappa shape index (κ1) is 27.7. The van der Waals surface area contributed by atoms with Crippen molar-refractivity contribution in [3.63, 3.8) is 0 Å². The molecule has 4 rings (SSSR count). The molecule has 9 nitrogen and oxygen atoms in total. The van der Waals surface area contributed by atoms with Crippen LogP contribution in [0.3, 0.4) is 0 Å². The SMILES string of the molecule is CC(C)CN(C[C@@H](O)[C@H](Cc1ccccc1)NC(=O)OC1CC2CCO[C@@H]2C1)C(=O)c1cc(O)cc(O)c1. The summed E-state index contributed by atoms with van der Waals surface area (Å²) >= 11 is 0. The Labute approximate surface area is 223 Å². The summed E-state index contributed by atoms with van der Waals surface area (Å²) in [6.07, 6.45) is 0.986. The lowest BCUT2D eigenvalue weighted by molar-refractivity contribution is 0.0436. The highest BCUT2D eigenvalue weighted by Crippen LogP contribution is 2.37. The second kappa shape index (κ2) is 12.5. The molecule has 2 unspecified atom stereocenters. The number of rotatable bonds is 10. The molecule has 0 radical (unpaired) electrons. The first-order valence-electron chi connectivity index (χ1n) is 13.3. The molecule has 2 amide bonds. The number of carbonyl (C=O) groups is 2. The summed E-state index contributed by atoms with van der Waals surface area (Å²) in [5.41, 5.74) is 1.02. The van der Waals surface area contributed by atoms with Crippen LogP contribution in [0.25, 0.3) is 0 Å². The van der Waals surface area contributed by atoms with Gasteiger partial charge in [-0.1, -0.05) is 44.2 Å². The maximum Gasteiger partial charge on any atom is 0.407 e. The van der Waals surface area contributed by atoms with E-state index in [0.717, 1.165) is 31.1 Å². The van der Waals surface area contributed by atoms with Crippen LogP contribution in [0, 0.1) is 11.8 Å². The lowest BCUT2D eigenvalue weighted by Crippen LogP contribution is -2.51. The van der Waals surface area contributed by atoms with E-state index in [0.29, 0.717) is 25.3 Å². The highest BCUT2D eigenvalue weighted by Gasteiger charge is 2.40. The molecule has 1 saturated heterocycles. The van der Waals surface area contributed by atoms with Crippen LogP contribution in [-0.2, 0) is 15.9 Å². The molecule has 2 fully saturated rings. The maximum atomic E-state index is 13.3. The van der Waals surface area contributed by atoms with E-state index in [1.54, 1.807) is 0 Å². The van der Waals surface area contributed by atoms with E-state index in [9.17, 15) is 24.9 Å². The van der Waals surface area contributed by atoms with Crippen molar-refractivity contribution in [1.82, 2.24) is 10.2 Å². The molecule has 5 atom stereocenters. The van der Waals surface area contributed by atoms with E-state index < -0.39 is 24.1 Å². The fraction of sp³-hybridized carbons (Fsp3) is 0.517. The van der Waals surface area contributed by atoms with E-state index >= 15 is 0 Å². The van der Waals surface area contributed by atoms with Crippen LogP contribution in [0.15, 0.2) is 48.5 Å². The molecule has 0 bridgehead atoms. The van der Waals surface area contributed by atoms with Crippen molar-refractivity contribution >= 4 is 12.0 Å². The number of aliphatic hydroxyl groups excluding tert-OH is 1. The van der Waals surface area contributed by atoms with Crippen molar-refractivity contribution in [3.8, 4) is 11.5 Å². The summed E-state index contributed by atoms with van der Waals surface area (Å²) in [5, 5.41) is 33.9. The van der Waals surface area contributed by atoms with Crippen molar-refractivity contribution < 1.29 is 34.4 Å². The normalized spacial score (nSPS) is 22.1. The van der Waals surface area contributed by atoms with Crippen molar-refractivity contribution in [3.05, 3.63) is 59.7 Å². The van der Waals surface area contributed by atoms with Crippen LogP contribution >= 0.6 is 0 Å². The number of ether oxygens (including phenoxy) is 2. The first-order chi connectivity index (χ1) is 18.2. The number of amides is 2. The number of aliphatic hydroxyl groups is 1. The molecule has 1 saturated carbocycles. The zero-order chi connectivity index (χ0) is 27.2. The van der Waals surface area contributed by atoms with Gasteiger partial charge in [0.1, 0.15) is 17.6 Å². The number of phenols is 2. The van der Waals surface area contributed by atoms with Crippen LogP contribution < -0.4 is 5.32 Å². The Morgan fingerprint density at radius 2 is 1.79 bits per heavy atom. The Balaban J connectivity index is 1.47. The number of fused-ring (bicyclic) bond motifs is 1. The summed E-state index contributed by atoms with van der Waals surface area (Å²) in [4.78, 5) is 27.7. The smallest absolute Gasteiger partial charge is 0.407 e. The highest BCUT2D eigenvalue weighted by molar-refractivity contribution is 5.95. The topological polar surface area (TPSA) is 129 Å². The van der Waals surface area contributed by atoms with Crippen LogP contribution in [-0.4, -0.2) is 76.3 Å². The van der Waals surface area contributed by atoms with E-state index in [4.69, 9.17) is 9.47 Å². The summed E-state index contributed by atoms with van der Waals surface area (Å²) in [6, 6.07) is 12.5. The third-order valence-corrected chi connectivity index (χ3v) is 7.18. The molecule has 206 valence electrons. The molecule has 2 aromatic carbocycles. The van der Waals surface area contributed by atoms with Crippen molar-refractivity contribution in [2.45, 2.75) is 63.9 Å². The van der Waals surface area contributed by atoms with Crippen molar-refractivity contribution in [2.75, 3.05) is 19.7 Å². The summed E-state index contributed by atoms with van der Waals surface area (Å²) < 4.78 is 11.4. The molecule has 0 aromatic heterocycles. The van der Waals surface area contributed by atoms with Crippen LogP contribution in [0.1, 0.15) is 49.0 Å². The number of hydrogen-bond donors (Lipinski definition) is 4. The average Bonchev–Trinajstić information content (AvgIpc) is 3.44. The van der Waals surface area contributed by atoms with Crippen LogP contribution in [0.2, 0.25) is 0 Å². The van der Waals surface area contributed by atoms with Gasteiger partial charge < -0.3 is 35.0 Å². The van der Waals surface area contributed by atoms with E-state index in [1.807, 2.05) is 44.2 Å². The van der Waals surface area contributed by atoms with Crippen molar-refractivity contribution in [2.24, 2.45) is 11.8 Å². The van der Waals surface area contributed by atoms with Gasteiger partial charge in [-0.3, -0.25) is 4.79 Å². The van der Waals surface area contributed by atoms with Gasteiger partial charge in [0.15, 0.2) is 0 Å². The standard InChI is InChI=1S/C29H38N2O7/c1-18(2)16-31(28(35)21-11-22(32)14-23(33)12-21)17-26(34)25(10-19-6-4-3-5-7-19)30-29(36)38-24-13-20-8-9-37-27(20)15-24/h3-7,11-12,14,18,20,24-27,32-34H,8-10,13,15-17H2,1-2H3,(H,30,36)/t20?,24?,25-,26+,27+/m0/s1. The number of hydrogen-bond acceptors (Lipinski definition) is 7. The number of benzene rings is 2. The third-order valence-electron chi connectivity index (χ3n) is 7.18. The number of nitrogens with one attached hydrogen (secondary N) is 1. The molecule has 2 aliphatic rings. The van der Waals surface area contributed by atoms with Gasteiger partial charge >= 0.3 is 6.09 Å². The van der Waals surface area contributed by atoms with Gasteiger partial charge in [-0.05, 0) is 48.8 Å². The van der Waals surface area contributed by atoms with Gasteiger partial charge in [-0.2, -0.15) is 0 Å². The number of nitrogens with zero attached hydrogens (tertiary/aromatic N) is 1. The van der Waals surface area contributed by atoms with Gasteiger partial charge in [0.25, 0.3) is 5.91 Å². The van der Waals surface area contributed by atoms with E-state index in [2.05, 4.69) is 5.32 Å². The molecule has 9 heteroatoms. The molecule has 2 aromatic rings. The number of alkyl carbamates (subject to hydrolysis) is 1. The van der Waals surface area contributed by atoms with Gasteiger partial charge in [0, 0.05) is 37.7 Å². The maximum absolute atomic E-state index is 13.3. The predicted octanol–water partition coefficient (Wildman–Crippen LogP) is 3.46. The molecular formula is C29H38N2O7. The summed E-state index contributed by atoms with van der Waals surface area (Å²) in [6.45, 7) is 4.93. The van der Waals surface area contributed by atoms with Crippen LogP contribution in [0.4, 0.5) is 4.79 Å². The van der Waals surface area contributed by atoms with Crippen molar-refractivity contribution in [1.29, 1.82) is 0 Å². The minimum Gasteiger partial charge on any atom is -0.508 e. The summed E-state index contributed by atoms with van der Waals surface area (Å²) in [5.74, 6) is -0.391. The monoisotopic (exact) mass is 526 g/mol. The lowest BCUT2D eigenvalue weighted by Gasteiger charge is -2.31. The minimum absolute atomic E-state index is 0.0629. The first-order valence-corrected chi connectivity index (χ1v) is 13.3. The molecule has 1 aliphatic carbocycles. The fourth-order valence-electron chi connectivity index (χ4n) is 5.44. The molecule has 0 spiro atoms. The Morgan fingerprint density at radius 1 is 1.08 bits per heavy atom. The summed E-state index contributed by atoms with van der Waals surface area (Å²) in [7, 11) is 0. The average molecular weight is 527 g/mol. The number of carbonyl (C=O) groups excluding carboxylic acids is 2. The molecule has 1 heterocycles. The fourth-order valence-corrected chi connectivity index (χ4v) is 5.44. The largest absolute Gasteiger partial charge is 0.508 e. The van der Waals surface area contributed by atoms with Crippen LogP contribution in [0.5, 0.6) is 11.5 Å². The predicted molar refractivity (Wildman–Crippen MR) is 141 cm³/mol. The Morgan fingerprint density at radius 3 is 2.45 bits per heavy atom. The molecule has 38 heavy (non-hydrogen) atoms. The lowest BCUT2D eigenvalue weighted by atomic mass is 10.00. The molecule has 4 N–H and O–H groups in total. The van der Waals surface area contributed by atoms with Gasteiger partial charge in [-0.15, -0.1) is 0 Å².